The first-order chi connectivity index (χ1) is 14.6. The van der Waals surface area contributed by atoms with Gasteiger partial charge in [0.1, 0.15) is 5.75 Å². The van der Waals surface area contributed by atoms with Gasteiger partial charge in [-0.15, -0.1) is 10.2 Å². The third kappa shape index (κ3) is 4.21. The highest BCUT2D eigenvalue weighted by molar-refractivity contribution is 8.00. The second kappa shape index (κ2) is 8.92. The molecule has 6 nitrogen and oxygen atoms in total. The highest BCUT2D eigenvalue weighted by atomic mass is 32.2. The van der Waals surface area contributed by atoms with Gasteiger partial charge in [-0.3, -0.25) is 9.36 Å². The lowest BCUT2D eigenvalue weighted by molar-refractivity contribution is -0.129. The van der Waals surface area contributed by atoms with Crippen molar-refractivity contribution in [2.75, 3.05) is 20.2 Å². The molecule has 0 radical (unpaired) electrons. The largest absolute Gasteiger partial charge is 0.497 e. The summed E-state index contributed by atoms with van der Waals surface area (Å²) in [6, 6.07) is 16.0. The molecule has 1 amide bonds. The molecule has 1 saturated heterocycles. The van der Waals surface area contributed by atoms with Crippen LogP contribution in [0.3, 0.4) is 0 Å². The summed E-state index contributed by atoms with van der Waals surface area (Å²) in [5.74, 6) is 1.70. The zero-order valence-corrected chi connectivity index (χ0v) is 18.4. The average Bonchev–Trinajstić information content (AvgIpc) is 3.44. The number of nitrogens with zero attached hydrogens (tertiary/aromatic N) is 4. The first-order valence-electron chi connectivity index (χ1n) is 10.2. The molecule has 0 N–H and O–H groups in total. The SMILES string of the molecule is COc1ccc(-c2nnc(SC(C)C(=O)N3CCCC3)n2-c2ccc(C)cc2)cc1. The standard InChI is InChI=1S/C23H26N4O2S/c1-16-6-10-19(11-7-16)27-21(18-8-12-20(29-3)13-9-18)24-25-23(27)30-17(2)22(28)26-14-4-5-15-26/h6-13,17H,4-5,14-15H2,1-3H3. The number of aryl methyl sites for hydroxylation is 1. The summed E-state index contributed by atoms with van der Waals surface area (Å²) in [6.45, 7) is 5.72. The predicted molar refractivity (Wildman–Crippen MR) is 119 cm³/mol. The highest BCUT2D eigenvalue weighted by Gasteiger charge is 2.26. The molecule has 0 saturated carbocycles. The van der Waals surface area contributed by atoms with Gasteiger partial charge in [0.2, 0.25) is 5.91 Å². The van der Waals surface area contributed by atoms with E-state index in [2.05, 4.69) is 41.4 Å². The fourth-order valence-electron chi connectivity index (χ4n) is 3.60. The minimum Gasteiger partial charge on any atom is -0.497 e. The van der Waals surface area contributed by atoms with Crippen molar-refractivity contribution in [2.45, 2.75) is 37.1 Å². The second-order valence-corrected chi connectivity index (χ2v) is 8.81. The Morgan fingerprint density at radius 3 is 2.33 bits per heavy atom. The number of amides is 1. The van der Waals surface area contributed by atoms with E-state index in [0.29, 0.717) is 5.16 Å². The van der Waals surface area contributed by atoms with Crippen molar-refractivity contribution in [3.63, 3.8) is 0 Å². The van der Waals surface area contributed by atoms with Crippen molar-refractivity contribution >= 4 is 17.7 Å². The Hall–Kier alpha value is -2.80. The van der Waals surface area contributed by atoms with Gasteiger partial charge in [0, 0.05) is 24.3 Å². The molecule has 2 heterocycles. The third-order valence-electron chi connectivity index (χ3n) is 5.32. The van der Waals surface area contributed by atoms with E-state index < -0.39 is 0 Å². The van der Waals surface area contributed by atoms with Crippen LogP contribution in [0.25, 0.3) is 17.1 Å². The van der Waals surface area contributed by atoms with Gasteiger partial charge < -0.3 is 9.64 Å². The molecular weight excluding hydrogens is 396 g/mol. The molecule has 0 spiro atoms. The maximum Gasteiger partial charge on any atom is 0.235 e. The summed E-state index contributed by atoms with van der Waals surface area (Å²) in [5, 5.41) is 9.42. The topological polar surface area (TPSA) is 60.3 Å². The van der Waals surface area contributed by atoms with Gasteiger partial charge in [-0.25, -0.2) is 0 Å². The van der Waals surface area contributed by atoms with Crippen molar-refractivity contribution in [1.29, 1.82) is 0 Å². The minimum absolute atomic E-state index is 0.168. The monoisotopic (exact) mass is 422 g/mol. The molecule has 1 aliphatic heterocycles. The van der Waals surface area contributed by atoms with Gasteiger partial charge in [-0.1, -0.05) is 29.5 Å². The van der Waals surface area contributed by atoms with E-state index in [-0.39, 0.29) is 11.2 Å². The van der Waals surface area contributed by atoms with E-state index in [4.69, 9.17) is 4.74 Å². The molecule has 7 heteroatoms. The maximum atomic E-state index is 12.8. The van der Waals surface area contributed by atoms with Gasteiger partial charge in [0.05, 0.1) is 12.4 Å². The number of hydrogen-bond acceptors (Lipinski definition) is 5. The molecular formula is C23H26N4O2S. The molecule has 1 fully saturated rings. The number of rotatable bonds is 6. The quantitative estimate of drug-likeness (QED) is 0.553. The summed E-state index contributed by atoms with van der Waals surface area (Å²) in [4.78, 5) is 14.8. The molecule has 1 aliphatic rings. The van der Waals surface area contributed by atoms with Gasteiger partial charge in [0.15, 0.2) is 11.0 Å². The summed E-state index contributed by atoms with van der Waals surface area (Å²) in [7, 11) is 1.65. The van der Waals surface area contributed by atoms with E-state index in [1.165, 1.54) is 17.3 Å². The summed E-state index contributed by atoms with van der Waals surface area (Å²) in [5.41, 5.74) is 3.10. The van der Waals surface area contributed by atoms with Crippen LogP contribution in [0.5, 0.6) is 5.75 Å². The number of methoxy groups -OCH3 is 1. The van der Waals surface area contributed by atoms with Crippen LogP contribution in [0.15, 0.2) is 53.7 Å². The fourth-order valence-corrected chi connectivity index (χ4v) is 4.55. The Kier molecular flexibility index (Phi) is 6.08. The smallest absolute Gasteiger partial charge is 0.235 e. The van der Waals surface area contributed by atoms with Crippen molar-refractivity contribution in [3.8, 4) is 22.8 Å². The lowest BCUT2D eigenvalue weighted by Gasteiger charge is -2.20. The number of likely N-dealkylation sites (tertiary alicyclic amines) is 1. The van der Waals surface area contributed by atoms with Crippen molar-refractivity contribution in [3.05, 3.63) is 54.1 Å². The maximum absolute atomic E-state index is 12.8. The van der Waals surface area contributed by atoms with E-state index >= 15 is 0 Å². The molecule has 0 aliphatic carbocycles. The van der Waals surface area contributed by atoms with Crippen LogP contribution in [-0.4, -0.2) is 51.0 Å². The van der Waals surface area contributed by atoms with Crippen LogP contribution < -0.4 is 4.74 Å². The number of carbonyl (C=O) groups is 1. The average molecular weight is 423 g/mol. The Morgan fingerprint density at radius 1 is 1.03 bits per heavy atom. The Balaban J connectivity index is 1.70. The number of hydrogen-bond donors (Lipinski definition) is 0. The van der Waals surface area contributed by atoms with Crippen LogP contribution in [0.1, 0.15) is 25.3 Å². The molecule has 156 valence electrons. The zero-order chi connectivity index (χ0) is 21.1. The molecule has 2 aromatic carbocycles. The lowest BCUT2D eigenvalue weighted by Crippen LogP contribution is -2.34. The molecule has 30 heavy (non-hydrogen) atoms. The molecule has 3 aromatic rings. The van der Waals surface area contributed by atoms with E-state index in [0.717, 1.165) is 48.8 Å². The number of benzene rings is 2. The number of aromatic nitrogens is 3. The zero-order valence-electron chi connectivity index (χ0n) is 17.5. The molecule has 1 atom stereocenters. The predicted octanol–water partition coefficient (Wildman–Crippen LogP) is 4.35. The molecule has 1 unspecified atom stereocenters. The Labute approximate surface area is 181 Å². The third-order valence-corrected chi connectivity index (χ3v) is 6.35. The Morgan fingerprint density at radius 2 is 1.70 bits per heavy atom. The van der Waals surface area contributed by atoms with Gasteiger partial charge in [-0.2, -0.15) is 0 Å². The van der Waals surface area contributed by atoms with E-state index in [1.807, 2.05) is 40.7 Å². The normalized spacial score (nSPS) is 14.7. The summed E-state index contributed by atoms with van der Waals surface area (Å²) in [6.07, 6.45) is 2.18. The van der Waals surface area contributed by atoms with Crippen LogP contribution in [-0.2, 0) is 4.79 Å². The van der Waals surface area contributed by atoms with Crippen LogP contribution >= 0.6 is 11.8 Å². The second-order valence-electron chi connectivity index (χ2n) is 7.50. The van der Waals surface area contributed by atoms with Crippen molar-refractivity contribution in [2.24, 2.45) is 0 Å². The molecule has 4 rings (SSSR count). The van der Waals surface area contributed by atoms with Crippen LogP contribution in [0.2, 0.25) is 0 Å². The first-order valence-corrected chi connectivity index (χ1v) is 11.1. The number of thioether (sulfide) groups is 1. The summed E-state index contributed by atoms with van der Waals surface area (Å²) >= 11 is 1.46. The number of ether oxygens (including phenoxy) is 1. The molecule has 1 aromatic heterocycles. The van der Waals surface area contributed by atoms with Gasteiger partial charge in [0.25, 0.3) is 0 Å². The van der Waals surface area contributed by atoms with Crippen molar-refractivity contribution < 1.29 is 9.53 Å². The van der Waals surface area contributed by atoms with Gasteiger partial charge >= 0.3 is 0 Å². The number of carbonyl (C=O) groups excluding carboxylic acids is 1. The van der Waals surface area contributed by atoms with E-state index in [1.54, 1.807) is 7.11 Å². The van der Waals surface area contributed by atoms with Crippen molar-refractivity contribution in [1.82, 2.24) is 19.7 Å². The lowest BCUT2D eigenvalue weighted by atomic mass is 10.2. The molecule has 0 bridgehead atoms. The Bertz CT molecular complexity index is 1010. The van der Waals surface area contributed by atoms with Gasteiger partial charge in [-0.05, 0) is 63.1 Å². The van der Waals surface area contributed by atoms with Crippen LogP contribution in [0, 0.1) is 6.92 Å². The van der Waals surface area contributed by atoms with E-state index in [9.17, 15) is 4.79 Å². The minimum atomic E-state index is -0.222. The first kappa shape index (κ1) is 20.5. The highest BCUT2D eigenvalue weighted by Crippen LogP contribution is 2.32. The fraction of sp³-hybridized carbons (Fsp3) is 0.348. The summed E-state index contributed by atoms with van der Waals surface area (Å²) < 4.78 is 7.30. The van der Waals surface area contributed by atoms with Crippen LogP contribution in [0.4, 0.5) is 0 Å².